The molecule has 0 aliphatic carbocycles. The molecule has 1 atom stereocenters. The number of halogens is 1. The Kier molecular flexibility index (Phi) is 5.23. The van der Waals surface area contributed by atoms with Crippen molar-refractivity contribution in [1.82, 2.24) is 19.6 Å². The molecule has 4 aromatic rings. The Bertz CT molecular complexity index is 1150. The number of rotatable bonds is 6. The Labute approximate surface area is 166 Å². The van der Waals surface area contributed by atoms with Crippen LogP contribution in [0.3, 0.4) is 0 Å². The molecule has 2 heterocycles. The van der Waals surface area contributed by atoms with Crippen molar-refractivity contribution in [3.8, 4) is 11.4 Å². The van der Waals surface area contributed by atoms with Gasteiger partial charge < -0.3 is 4.74 Å². The van der Waals surface area contributed by atoms with Crippen molar-refractivity contribution in [2.45, 2.75) is 26.1 Å². The molecule has 0 saturated heterocycles. The molecule has 0 aliphatic heterocycles. The van der Waals surface area contributed by atoms with Crippen molar-refractivity contribution in [2.75, 3.05) is 0 Å². The smallest absolute Gasteiger partial charge is 0.274 e. The number of fused-ring (bicyclic) bond motifs is 1. The molecule has 0 aliphatic rings. The summed E-state index contributed by atoms with van der Waals surface area (Å²) in [6, 6.07) is 18.7. The summed E-state index contributed by atoms with van der Waals surface area (Å²) in [6.07, 6.45) is 0.582. The van der Waals surface area contributed by atoms with E-state index in [0.29, 0.717) is 22.3 Å². The zero-order valence-electron chi connectivity index (χ0n) is 15.3. The van der Waals surface area contributed by atoms with Crippen LogP contribution in [0, 0.1) is 0 Å². The minimum Gasteiger partial charge on any atom is -0.367 e. The molecule has 0 radical (unpaired) electrons. The number of benzene rings is 2. The normalized spacial score (nSPS) is 12.4. The number of nitrogens with zero attached hydrogens (tertiary/aromatic N) is 3. The molecule has 0 spiro atoms. The first-order valence-corrected chi connectivity index (χ1v) is 9.43. The zero-order valence-corrected chi connectivity index (χ0v) is 16.1. The Morgan fingerprint density at radius 1 is 1.11 bits per heavy atom. The van der Waals surface area contributed by atoms with Gasteiger partial charge in [-0.3, -0.25) is 9.89 Å². The number of aromatic nitrogens is 4. The van der Waals surface area contributed by atoms with Crippen LogP contribution in [0.15, 0.2) is 65.5 Å². The molecule has 0 saturated carbocycles. The summed E-state index contributed by atoms with van der Waals surface area (Å²) in [5.74, 6) is 0.904. The second-order valence-electron chi connectivity index (χ2n) is 6.39. The average molecular weight is 395 g/mol. The van der Waals surface area contributed by atoms with Crippen LogP contribution in [0.1, 0.15) is 30.7 Å². The highest BCUT2D eigenvalue weighted by molar-refractivity contribution is 6.31. The van der Waals surface area contributed by atoms with E-state index in [1.54, 1.807) is 0 Å². The number of nitrogens with one attached hydrogen (secondary N) is 1. The van der Waals surface area contributed by atoms with Gasteiger partial charge in [0.1, 0.15) is 0 Å². The fraction of sp³-hybridized carbons (Fsp3) is 0.190. The van der Waals surface area contributed by atoms with E-state index >= 15 is 0 Å². The number of hydrogen-bond donors (Lipinski definition) is 1. The summed E-state index contributed by atoms with van der Waals surface area (Å²) in [4.78, 5) is 21.4. The molecule has 0 fully saturated rings. The van der Waals surface area contributed by atoms with Gasteiger partial charge in [0.2, 0.25) is 0 Å². The summed E-state index contributed by atoms with van der Waals surface area (Å²) in [5.41, 5.74) is 2.11. The van der Waals surface area contributed by atoms with Gasteiger partial charge in [-0.05, 0) is 18.1 Å². The highest BCUT2D eigenvalue weighted by Crippen LogP contribution is 2.28. The van der Waals surface area contributed by atoms with E-state index in [1.807, 2.05) is 61.5 Å². The largest absolute Gasteiger partial charge is 0.367 e. The minimum atomic E-state index is -0.232. The summed E-state index contributed by atoms with van der Waals surface area (Å²) < 4.78 is 7.34. The van der Waals surface area contributed by atoms with Gasteiger partial charge in [-0.15, -0.1) is 0 Å². The maximum Gasteiger partial charge on any atom is 0.274 e. The van der Waals surface area contributed by atoms with Crippen LogP contribution in [0.4, 0.5) is 0 Å². The molecule has 4 rings (SSSR count). The Morgan fingerprint density at radius 3 is 2.61 bits per heavy atom. The van der Waals surface area contributed by atoms with Gasteiger partial charge >= 0.3 is 0 Å². The van der Waals surface area contributed by atoms with Gasteiger partial charge in [0.15, 0.2) is 5.82 Å². The highest BCUT2D eigenvalue weighted by atomic mass is 35.5. The summed E-state index contributed by atoms with van der Waals surface area (Å²) in [5, 5.41) is 3.65. The molecular weight excluding hydrogens is 376 g/mol. The highest BCUT2D eigenvalue weighted by Gasteiger charge is 2.15. The lowest BCUT2D eigenvalue weighted by molar-refractivity contribution is 0.0353. The van der Waals surface area contributed by atoms with Gasteiger partial charge in [0.05, 0.1) is 18.4 Å². The summed E-state index contributed by atoms with van der Waals surface area (Å²) in [7, 11) is 0. The van der Waals surface area contributed by atoms with E-state index in [9.17, 15) is 4.79 Å². The van der Waals surface area contributed by atoms with Crippen molar-refractivity contribution in [3.05, 3.63) is 87.3 Å². The van der Waals surface area contributed by atoms with Crippen LogP contribution >= 0.6 is 11.6 Å². The Hall–Kier alpha value is -2.96. The van der Waals surface area contributed by atoms with E-state index in [-0.39, 0.29) is 18.3 Å². The van der Waals surface area contributed by atoms with Crippen LogP contribution in [-0.4, -0.2) is 19.6 Å². The number of hydrogen-bond acceptors (Lipinski definition) is 4. The van der Waals surface area contributed by atoms with Crippen LogP contribution in [0.25, 0.3) is 17.2 Å². The Balaban J connectivity index is 1.59. The number of H-pyrrole nitrogens is 1. The lowest BCUT2D eigenvalue weighted by Gasteiger charge is -2.17. The van der Waals surface area contributed by atoms with E-state index < -0.39 is 0 Å². The third-order valence-electron chi connectivity index (χ3n) is 4.49. The minimum absolute atomic E-state index is 0.173. The second-order valence-corrected chi connectivity index (χ2v) is 6.80. The maximum atomic E-state index is 12.5. The van der Waals surface area contributed by atoms with Crippen molar-refractivity contribution in [1.29, 1.82) is 0 Å². The standard InChI is InChI=1S/C21H19ClN4O2/c1-2-18(16-10-6-7-11-17(16)22)28-13-15-12-19(27)26-21(23-15)24-20(25-26)14-8-4-3-5-9-14/h3-12,18H,2,13H2,1H3,(H,23,24,25). The molecule has 0 bridgehead atoms. The first kappa shape index (κ1) is 18.4. The third kappa shape index (κ3) is 3.69. The predicted octanol–water partition coefficient (Wildman–Crippen LogP) is 4.41. The molecule has 1 N–H and O–H groups in total. The first-order valence-electron chi connectivity index (χ1n) is 9.06. The third-order valence-corrected chi connectivity index (χ3v) is 4.83. The van der Waals surface area contributed by atoms with Crippen molar-refractivity contribution in [2.24, 2.45) is 0 Å². The van der Waals surface area contributed by atoms with Crippen LogP contribution < -0.4 is 5.56 Å². The van der Waals surface area contributed by atoms with E-state index in [1.165, 1.54) is 10.6 Å². The lowest BCUT2D eigenvalue weighted by atomic mass is 10.1. The molecule has 6 nitrogen and oxygen atoms in total. The maximum absolute atomic E-state index is 12.5. The predicted molar refractivity (Wildman–Crippen MR) is 108 cm³/mol. The van der Waals surface area contributed by atoms with E-state index in [0.717, 1.165) is 17.5 Å². The van der Waals surface area contributed by atoms with Gasteiger partial charge in [-0.2, -0.15) is 9.50 Å². The van der Waals surface area contributed by atoms with Crippen molar-refractivity contribution in [3.63, 3.8) is 0 Å². The molecule has 2 aromatic carbocycles. The summed E-state index contributed by atoms with van der Waals surface area (Å²) in [6.45, 7) is 2.22. The fourth-order valence-electron chi connectivity index (χ4n) is 3.08. The quantitative estimate of drug-likeness (QED) is 0.526. The molecule has 7 heteroatoms. The Morgan fingerprint density at radius 2 is 1.86 bits per heavy atom. The van der Waals surface area contributed by atoms with Crippen molar-refractivity contribution >= 4 is 17.4 Å². The van der Waals surface area contributed by atoms with Crippen LogP contribution in [0.2, 0.25) is 5.02 Å². The summed E-state index contributed by atoms with van der Waals surface area (Å²) >= 11 is 6.28. The number of aromatic amines is 1. The van der Waals surface area contributed by atoms with Crippen LogP contribution in [0.5, 0.6) is 0 Å². The molecule has 0 amide bonds. The van der Waals surface area contributed by atoms with Crippen LogP contribution in [-0.2, 0) is 11.3 Å². The second kappa shape index (κ2) is 7.96. The van der Waals surface area contributed by atoms with E-state index in [4.69, 9.17) is 16.3 Å². The molecule has 2 aromatic heterocycles. The topological polar surface area (TPSA) is 72.3 Å². The van der Waals surface area contributed by atoms with Crippen molar-refractivity contribution < 1.29 is 4.74 Å². The van der Waals surface area contributed by atoms with Gasteiger partial charge in [-0.1, -0.05) is 67.1 Å². The van der Waals surface area contributed by atoms with Gasteiger partial charge in [0, 0.05) is 16.7 Å². The van der Waals surface area contributed by atoms with Gasteiger partial charge in [-0.25, -0.2) is 4.98 Å². The monoisotopic (exact) mass is 394 g/mol. The molecule has 1 unspecified atom stereocenters. The zero-order chi connectivity index (χ0) is 19.5. The number of ether oxygens (including phenoxy) is 1. The SMILES string of the molecule is CCC(OCc1cc(=O)n2[nH]c(-c3ccccc3)nc2n1)c1ccccc1Cl. The van der Waals surface area contributed by atoms with Gasteiger partial charge in [0.25, 0.3) is 11.3 Å². The lowest BCUT2D eigenvalue weighted by Crippen LogP contribution is -2.16. The fourth-order valence-corrected chi connectivity index (χ4v) is 3.33. The molecule has 142 valence electrons. The molecule has 28 heavy (non-hydrogen) atoms. The average Bonchev–Trinajstić information content (AvgIpc) is 3.15. The van der Waals surface area contributed by atoms with E-state index in [2.05, 4.69) is 15.1 Å². The molecular formula is C21H19ClN4O2. The first-order chi connectivity index (χ1) is 13.7.